The maximum atomic E-state index is 15.7. The summed E-state index contributed by atoms with van der Waals surface area (Å²) in [6.45, 7) is 2.41. The van der Waals surface area contributed by atoms with Gasteiger partial charge in [-0.05, 0) is 36.6 Å². The number of hydrogen-bond donors (Lipinski definition) is 1. The largest absolute Gasteiger partial charge is 0.381 e. The molecule has 6 rings (SSSR count). The highest BCUT2D eigenvalue weighted by Crippen LogP contribution is 2.52. The normalized spacial score (nSPS) is 19.4. The van der Waals surface area contributed by atoms with E-state index in [1.54, 1.807) is 23.2 Å². The molecule has 1 aromatic carbocycles. The maximum Gasteiger partial charge on any atom is 0.259 e. The molecule has 3 aliphatic rings. The third kappa shape index (κ3) is 3.58. The summed E-state index contributed by atoms with van der Waals surface area (Å²) in [6.07, 6.45) is 3.35. The Morgan fingerprint density at radius 1 is 1.24 bits per heavy atom. The number of anilines is 1. The molecule has 34 heavy (non-hydrogen) atoms. The molecule has 2 aromatic heterocycles. The summed E-state index contributed by atoms with van der Waals surface area (Å²) in [4.78, 5) is 25.1. The number of benzene rings is 1. The Labute approximate surface area is 204 Å². The number of ether oxygens (including phenoxy) is 2. The third-order valence-corrected chi connectivity index (χ3v) is 8.22. The molecule has 0 unspecified atom stereocenters. The number of halogens is 2. The van der Waals surface area contributed by atoms with Crippen LogP contribution in [0.25, 0.3) is 10.6 Å². The molecule has 0 atom stereocenters. The Kier molecular flexibility index (Phi) is 5.52. The molecule has 1 spiro atoms. The minimum absolute atomic E-state index is 0.128. The monoisotopic (exact) mass is 500 g/mol. The average Bonchev–Trinajstić information content (AvgIpc) is 3.27. The number of aromatic nitrogens is 2. The van der Waals surface area contributed by atoms with Gasteiger partial charge in [-0.2, -0.15) is 0 Å². The van der Waals surface area contributed by atoms with E-state index < -0.39 is 11.4 Å². The molecule has 176 valence electrons. The minimum Gasteiger partial charge on any atom is -0.381 e. The van der Waals surface area contributed by atoms with E-state index in [0.29, 0.717) is 59.4 Å². The third-order valence-electron chi connectivity index (χ3n) is 6.60. The van der Waals surface area contributed by atoms with Crippen LogP contribution in [0.2, 0.25) is 5.02 Å². The molecule has 10 heteroatoms. The molecule has 2 saturated heterocycles. The van der Waals surface area contributed by atoms with Crippen LogP contribution >= 0.6 is 22.9 Å². The molecule has 1 N–H and O–H groups in total. The van der Waals surface area contributed by atoms with Gasteiger partial charge >= 0.3 is 0 Å². The van der Waals surface area contributed by atoms with Crippen LogP contribution in [0.4, 0.5) is 10.3 Å². The summed E-state index contributed by atoms with van der Waals surface area (Å²) in [5, 5.41) is 3.92. The predicted molar refractivity (Wildman–Crippen MR) is 127 cm³/mol. The van der Waals surface area contributed by atoms with Gasteiger partial charge in [0.25, 0.3) is 5.91 Å². The van der Waals surface area contributed by atoms with Gasteiger partial charge in [-0.3, -0.25) is 4.79 Å². The van der Waals surface area contributed by atoms with E-state index in [1.165, 1.54) is 11.3 Å². The Balaban J connectivity index is 1.32. The van der Waals surface area contributed by atoms with E-state index in [-0.39, 0.29) is 17.5 Å². The highest BCUT2D eigenvalue weighted by Gasteiger charge is 2.57. The van der Waals surface area contributed by atoms with E-state index in [2.05, 4.69) is 15.3 Å². The lowest BCUT2D eigenvalue weighted by Crippen LogP contribution is -2.56. The van der Waals surface area contributed by atoms with E-state index in [0.717, 1.165) is 18.4 Å². The summed E-state index contributed by atoms with van der Waals surface area (Å²) in [5.74, 6) is -0.401. The predicted octanol–water partition coefficient (Wildman–Crippen LogP) is 4.47. The van der Waals surface area contributed by atoms with Gasteiger partial charge in [0.05, 0.1) is 34.2 Å². The second kappa shape index (κ2) is 8.57. The van der Waals surface area contributed by atoms with Gasteiger partial charge < -0.3 is 19.7 Å². The number of nitrogens with one attached hydrogen (secondary N) is 1. The van der Waals surface area contributed by atoms with E-state index in [1.807, 2.05) is 18.2 Å². The van der Waals surface area contributed by atoms with Crippen LogP contribution < -0.4 is 5.32 Å². The van der Waals surface area contributed by atoms with E-state index >= 15 is 4.39 Å². The zero-order valence-electron chi connectivity index (χ0n) is 18.2. The first kappa shape index (κ1) is 21.9. The first-order chi connectivity index (χ1) is 16.5. The zero-order chi connectivity index (χ0) is 23.3. The molecule has 0 aliphatic carbocycles. The summed E-state index contributed by atoms with van der Waals surface area (Å²) >= 11 is 7.41. The maximum absolute atomic E-state index is 15.7. The molecular weight excluding hydrogens is 479 g/mol. The number of fused-ring (bicyclic) bond motifs is 2. The van der Waals surface area contributed by atoms with Crippen molar-refractivity contribution in [2.75, 3.05) is 31.7 Å². The van der Waals surface area contributed by atoms with Crippen LogP contribution in [0.1, 0.15) is 33.6 Å². The number of thiophene rings is 1. The highest BCUT2D eigenvalue weighted by molar-refractivity contribution is 7.16. The van der Waals surface area contributed by atoms with Crippen molar-refractivity contribution in [3.63, 3.8) is 0 Å². The van der Waals surface area contributed by atoms with Gasteiger partial charge in [0.2, 0.25) is 5.95 Å². The lowest BCUT2D eigenvalue weighted by molar-refractivity contribution is -0.126. The second-order valence-electron chi connectivity index (χ2n) is 8.79. The van der Waals surface area contributed by atoms with Gasteiger partial charge in [0.1, 0.15) is 5.54 Å². The number of nitrogens with zero attached hydrogens (tertiary/aromatic N) is 3. The van der Waals surface area contributed by atoms with Crippen molar-refractivity contribution in [1.29, 1.82) is 0 Å². The van der Waals surface area contributed by atoms with Crippen LogP contribution in [-0.2, 0) is 21.6 Å². The number of hydrogen-bond acceptors (Lipinski definition) is 7. The van der Waals surface area contributed by atoms with Gasteiger partial charge in [-0.15, -0.1) is 11.3 Å². The van der Waals surface area contributed by atoms with Crippen LogP contribution in [-0.4, -0.2) is 53.2 Å². The van der Waals surface area contributed by atoms with Crippen molar-refractivity contribution in [2.45, 2.75) is 31.0 Å². The fourth-order valence-corrected chi connectivity index (χ4v) is 6.27. The van der Waals surface area contributed by atoms with Crippen molar-refractivity contribution in [3.8, 4) is 10.6 Å². The molecule has 0 radical (unpaired) electrons. The van der Waals surface area contributed by atoms with Crippen molar-refractivity contribution in [2.24, 2.45) is 0 Å². The molecule has 0 saturated carbocycles. The smallest absolute Gasteiger partial charge is 0.259 e. The lowest BCUT2D eigenvalue weighted by atomic mass is 9.94. The average molecular weight is 501 g/mol. The Hall–Kier alpha value is -2.59. The molecule has 1 amide bonds. The molecule has 2 fully saturated rings. The topological polar surface area (TPSA) is 76.6 Å². The quantitative estimate of drug-likeness (QED) is 0.557. The van der Waals surface area contributed by atoms with Gasteiger partial charge in [0, 0.05) is 37.0 Å². The minimum atomic E-state index is -0.658. The standard InChI is InChI=1S/C24H22ClFN4O3S/c25-15-3-1-2-14(10-15)11-30-22(31)18-19(26)20(34-21(18)24(30)12-33-13-24)17-4-7-27-23(29-17)28-16-5-8-32-9-6-16/h1-4,7,10,16H,5-6,8-9,11-13H2,(H,27,28,29). The fourth-order valence-electron chi connectivity index (χ4n) is 4.75. The molecule has 3 aliphatic heterocycles. The molecule has 5 heterocycles. The first-order valence-electron chi connectivity index (χ1n) is 11.2. The lowest BCUT2D eigenvalue weighted by Gasteiger charge is -2.45. The summed E-state index contributed by atoms with van der Waals surface area (Å²) in [5.41, 5.74) is 0.825. The highest BCUT2D eigenvalue weighted by atomic mass is 35.5. The van der Waals surface area contributed by atoms with Crippen LogP contribution in [0.15, 0.2) is 36.5 Å². The van der Waals surface area contributed by atoms with Crippen LogP contribution in [0.5, 0.6) is 0 Å². The first-order valence-corrected chi connectivity index (χ1v) is 12.4. The van der Waals surface area contributed by atoms with Gasteiger partial charge in [-0.25, -0.2) is 14.4 Å². The van der Waals surface area contributed by atoms with E-state index in [4.69, 9.17) is 21.1 Å². The SMILES string of the molecule is O=C1c2c(sc(-c3ccnc(NC4CCOCC4)n3)c2F)C2(COC2)N1Cc1cccc(Cl)c1. The van der Waals surface area contributed by atoms with Crippen molar-refractivity contribution >= 4 is 34.8 Å². The van der Waals surface area contributed by atoms with Crippen molar-refractivity contribution in [3.05, 3.63) is 63.4 Å². The van der Waals surface area contributed by atoms with E-state index in [9.17, 15) is 4.79 Å². The number of amides is 1. The number of rotatable bonds is 5. The number of carbonyl (C=O) groups excluding carboxylic acids is 1. The zero-order valence-corrected chi connectivity index (χ0v) is 19.8. The molecule has 7 nitrogen and oxygen atoms in total. The Bertz CT molecular complexity index is 1260. The van der Waals surface area contributed by atoms with Crippen LogP contribution in [0, 0.1) is 5.82 Å². The summed E-state index contributed by atoms with van der Waals surface area (Å²) < 4.78 is 26.7. The molecule has 3 aromatic rings. The summed E-state index contributed by atoms with van der Waals surface area (Å²) in [7, 11) is 0. The summed E-state index contributed by atoms with van der Waals surface area (Å²) in [6, 6.07) is 9.27. The van der Waals surface area contributed by atoms with Crippen molar-refractivity contribution in [1.82, 2.24) is 14.9 Å². The molecular formula is C24H22ClFN4O3S. The Morgan fingerprint density at radius 3 is 2.79 bits per heavy atom. The molecule has 0 bridgehead atoms. The van der Waals surface area contributed by atoms with Gasteiger partial charge in [-0.1, -0.05) is 23.7 Å². The van der Waals surface area contributed by atoms with Crippen LogP contribution in [0.3, 0.4) is 0 Å². The number of carbonyl (C=O) groups is 1. The van der Waals surface area contributed by atoms with Gasteiger partial charge in [0.15, 0.2) is 5.82 Å². The van der Waals surface area contributed by atoms with Crippen molar-refractivity contribution < 1.29 is 18.7 Å². The Morgan fingerprint density at radius 2 is 2.06 bits per heavy atom. The fraction of sp³-hybridized carbons (Fsp3) is 0.375. The second-order valence-corrected chi connectivity index (χ2v) is 10.2.